The summed E-state index contributed by atoms with van der Waals surface area (Å²) in [5, 5.41) is 17.6. The van der Waals surface area contributed by atoms with Crippen LogP contribution in [0.4, 0.5) is 11.7 Å². The number of non-ortho nitro benzene ring substituents is 1. The third kappa shape index (κ3) is 3.62. The average Bonchev–Trinajstić information content (AvgIpc) is 3.14. The molecule has 0 spiro atoms. The zero-order chi connectivity index (χ0) is 22.5. The van der Waals surface area contributed by atoms with E-state index in [0.717, 1.165) is 5.70 Å². The van der Waals surface area contributed by atoms with Crippen LogP contribution in [-0.2, 0) is 4.79 Å². The SMILES string of the molecule is CC1(C)CC(=O)C2=C(C1)NC(Nc1nc3ccccc3o1)=N[C@@H]2c1cccc([N+](=O)[O-])c1. The highest BCUT2D eigenvalue weighted by molar-refractivity contribution is 6.03. The molecule has 1 aliphatic heterocycles. The number of hydrogen-bond donors (Lipinski definition) is 2. The fourth-order valence-corrected chi connectivity index (χ4v) is 4.27. The van der Waals surface area contributed by atoms with Gasteiger partial charge in [0.1, 0.15) is 11.6 Å². The highest BCUT2D eigenvalue weighted by Crippen LogP contribution is 2.43. The normalized spacial score (nSPS) is 19.9. The van der Waals surface area contributed by atoms with E-state index in [1.165, 1.54) is 12.1 Å². The summed E-state index contributed by atoms with van der Waals surface area (Å²) in [6, 6.07) is 13.2. The second-order valence-corrected chi connectivity index (χ2v) is 8.80. The van der Waals surface area contributed by atoms with Gasteiger partial charge in [0.15, 0.2) is 11.4 Å². The predicted octanol–water partition coefficient (Wildman–Crippen LogP) is 4.49. The van der Waals surface area contributed by atoms with Gasteiger partial charge in [-0.05, 0) is 29.5 Å². The van der Waals surface area contributed by atoms with E-state index >= 15 is 0 Å². The van der Waals surface area contributed by atoms with Gasteiger partial charge in [-0.15, -0.1) is 0 Å². The van der Waals surface area contributed by atoms with Crippen LogP contribution in [-0.4, -0.2) is 21.7 Å². The number of nitro benzene ring substituents is 1. The number of nitro groups is 1. The Morgan fingerprint density at radius 2 is 2.00 bits per heavy atom. The van der Waals surface area contributed by atoms with Crippen LogP contribution < -0.4 is 10.6 Å². The van der Waals surface area contributed by atoms with Crippen LogP contribution in [0.5, 0.6) is 0 Å². The fraction of sp³-hybridized carbons (Fsp3) is 0.261. The molecule has 2 aliphatic rings. The van der Waals surface area contributed by atoms with Crippen molar-refractivity contribution in [2.45, 2.75) is 32.7 Å². The van der Waals surface area contributed by atoms with Gasteiger partial charge >= 0.3 is 6.01 Å². The molecule has 5 rings (SSSR count). The maximum Gasteiger partial charge on any atom is 0.302 e. The first-order chi connectivity index (χ1) is 15.3. The first-order valence-corrected chi connectivity index (χ1v) is 10.3. The van der Waals surface area contributed by atoms with Crippen molar-refractivity contribution in [1.29, 1.82) is 0 Å². The smallest absolute Gasteiger partial charge is 0.302 e. The fourth-order valence-electron chi connectivity index (χ4n) is 4.27. The number of rotatable bonds is 3. The van der Waals surface area contributed by atoms with Crippen LogP contribution in [0.1, 0.15) is 38.3 Å². The van der Waals surface area contributed by atoms with E-state index in [2.05, 4.69) is 15.6 Å². The van der Waals surface area contributed by atoms with Crippen LogP contribution in [0.2, 0.25) is 0 Å². The lowest BCUT2D eigenvalue weighted by atomic mass is 9.73. The molecule has 2 N–H and O–H groups in total. The topological polar surface area (TPSA) is 123 Å². The number of aliphatic imine (C=N–C) groups is 1. The number of benzene rings is 2. The first kappa shape index (κ1) is 19.9. The Bertz CT molecular complexity index is 1290. The molecule has 0 saturated heterocycles. The summed E-state index contributed by atoms with van der Waals surface area (Å²) in [6.45, 7) is 4.08. The van der Waals surface area contributed by atoms with E-state index in [1.807, 2.05) is 38.1 Å². The number of anilines is 1. The van der Waals surface area contributed by atoms with E-state index in [4.69, 9.17) is 9.41 Å². The van der Waals surface area contributed by atoms with Gasteiger partial charge in [-0.3, -0.25) is 20.2 Å². The largest absolute Gasteiger partial charge is 0.423 e. The minimum absolute atomic E-state index is 0.00933. The van der Waals surface area contributed by atoms with Crippen molar-refractivity contribution in [1.82, 2.24) is 10.3 Å². The molecule has 1 aromatic heterocycles. The van der Waals surface area contributed by atoms with Crippen LogP contribution in [0.3, 0.4) is 0 Å². The van der Waals surface area contributed by atoms with E-state index in [0.29, 0.717) is 41.0 Å². The third-order valence-corrected chi connectivity index (χ3v) is 5.64. The summed E-state index contributed by atoms with van der Waals surface area (Å²) in [6.07, 6.45) is 1.04. The van der Waals surface area contributed by atoms with Crippen molar-refractivity contribution in [3.05, 3.63) is 75.5 Å². The molecule has 1 aliphatic carbocycles. The first-order valence-electron chi connectivity index (χ1n) is 10.3. The lowest BCUT2D eigenvalue weighted by molar-refractivity contribution is -0.384. The predicted molar refractivity (Wildman–Crippen MR) is 119 cm³/mol. The molecule has 9 heteroatoms. The van der Waals surface area contributed by atoms with E-state index in [1.54, 1.807) is 12.1 Å². The van der Waals surface area contributed by atoms with E-state index in [-0.39, 0.29) is 22.9 Å². The van der Waals surface area contributed by atoms with Crippen molar-refractivity contribution in [2.75, 3.05) is 5.32 Å². The van der Waals surface area contributed by atoms with E-state index < -0.39 is 11.0 Å². The number of aromatic nitrogens is 1. The lowest BCUT2D eigenvalue weighted by Gasteiger charge is -2.37. The molecule has 0 unspecified atom stereocenters. The number of nitrogens with zero attached hydrogens (tertiary/aromatic N) is 3. The standard InChI is InChI=1S/C23H21N5O4/c1-23(2)11-16-19(17(29)12-23)20(13-6-5-7-14(10-13)28(30)31)26-21(24-16)27-22-25-15-8-3-4-9-18(15)32-22/h3-10,20H,11-12H2,1-2H3,(H2,24,25,26,27)/t20-/m1/s1. The molecule has 32 heavy (non-hydrogen) atoms. The molecule has 2 aromatic carbocycles. The number of allylic oxidation sites excluding steroid dienone is 1. The Balaban J connectivity index is 1.56. The molecule has 0 saturated carbocycles. The zero-order valence-electron chi connectivity index (χ0n) is 17.6. The van der Waals surface area contributed by atoms with E-state index in [9.17, 15) is 14.9 Å². The zero-order valence-corrected chi connectivity index (χ0v) is 17.6. The maximum absolute atomic E-state index is 13.1. The second kappa shape index (κ2) is 7.30. The molecule has 0 amide bonds. The third-order valence-electron chi connectivity index (χ3n) is 5.64. The van der Waals surface area contributed by atoms with Gasteiger partial charge < -0.3 is 9.73 Å². The van der Waals surface area contributed by atoms with Gasteiger partial charge in [-0.25, -0.2) is 4.99 Å². The molecule has 0 radical (unpaired) electrons. The highest BCUT2D eigenvalue weighted by atomic mass is 16.6. The molecular weight excluding hydrogens is 410 g/mol. The molecule has 9 nitrogen and oxygen atoms in total. The quantitative estimate of drug-likeness (QED) is 0.463. The Labute approximate surface area is 183 Å². The summed E-state index contributed by atoms with van der Waals surface area (Å²) in [5.74, 6) is 0.363. The number of oxazole rings is 1. The summed E-state index contributed by atoms with van der Waals surface area (Å²) in [4.78, 5) is 33.0. The molecule has 162 valence electrons. The van der Waals surface area contributed by atoms with Crippen molar-refractivity contribution in [2.24, 2.45) is 10.4 Å². The molecule has 2 heterocycles. The molecule has 0 fully saturated rings. The van der Waals surface area contributed by atoms with Crippen LogP contribution >= 0.6 is 0 Å². The number of hydrogen-bond acceptors (Lipinski definition) is 8. The van der Waals surface area contributed by atoms with Gasteiger partial charge in [0.25, 0.3) is 5.69 Å². The van der Waals surface area contributed by atoms with Gasteiger partial charge in [0.2, 0.25) is 5.96 Å². The van der Waals surface area contributed by atoms with Crippen molar-refractivity contribution < 1.29 is 14.1 Å². The maximum atomic E-state index is 13.1. The van der Waals surface area contributed by atoms with Gasteiger partial charge in [-0.1, -0.05) is 38.1 Å². The summed E-state index contributed by atoms with van der Waals surface area (Å²) in [5.41, 5.74) is 2.97. The average molecular weight is 431 g/mol. The number of ketones is 1. The van der Waals surface area contributed by atoms with Gasteiger partial charge in [-0.2, -0.15) is 4.98 Å². The van der Waals surface area contributed by atoms with Crippen molar-refractivity contribution >= 4 is 34.5 Å². The van der Waals surface area contributed by atoms with Crippen LogP contribution in [0.15, 0.2) is 69.2 Å². The Morgan fingerprint density at radius 1 is 1.19 bits per heavy atom. The van der Waals surface area contributed by atoms with Crippen molar-refractivity contribution in [3.63, 3.8) is 0 Å². The number of guanidine groups is 1. The number of carbonyl (C=O) groups is 1. The molecular formula is C23H21N5O4. The Hall–Kier alpha value is -4.01. The number of para-hydroxylation sites is 2. The minimum Gasteiger partial charge on any atom is -0.423 e. The summed E-state index contributed by atoms with van der Waals surface area (Å²) >= 11 is 0. The molecule has 0 bridgehead atoms. The molecule has 3 aromatic rings. The Morgan fingerprint density at radius 3 is 2.78 bits per heavy atom. The Kier molecular flexibility index (Phi) is 4.54. The van der Waals surface area contributed by atoms with Crippen LogP contribution in [0.25, 0.3) is 11.1 Å². The van der Waals surface area contributed by atoms with Gasteiger partial charge in [0.05, 0.1) is 4.92 Å². The number of nitrogens with one attached hydrogen (secondary N) is 2. The monoisotopic (exact) mass is 431 g/mol. The van der Waals surface area contributed by atoms with Crippen LogP contribution in [0, 0.1) is 15.5 Å². The second-order valence-electron chi connectivity index (χ2n) is 8.80. The number of carbonyl (C=O) groups excluding carboxylic acids is 1. The number of fused-ring (bicyclic) bond motifs is 1. The molecule has 1 atom stereocenters. The number of Topliss-reactive ketones (excluding diaryl/α,β-unsaturated/α-hetero) is 1. The lowest BCUT2D eigenvalue weighted by Crippen LogP contribution is -2.41. The summed E-state index contributed by atoms with van der Waals surface area (Å²) in [7, 11) is 0. The van der Waals surface area contributed by atoms with Gasteiger partial charge in [0, 0.05) is 29.8 Å². The summed E-state index contributed by atoms with van der Waals surface area (Å²) < 4.78 is 5.75. The highest BCUT2D eigenvalue weighted by Gasteiger charge is 2.39. The minimum atomic E-state index is -0.665. The van der Waals surface area contributed by atoms with Crippen molar-refractivity contribution in [3.8, 4) is 0 Å².